The van der Waals surface area contributed by atoms with Crippen molar-refractivity contribution in [2.75, 3.05) is 13.2 Å². The number of carbonyl (C=O) groups excluding carboxylic acids is 2. The summed E-state index contributed by atoms with van der Waals surface area (Å²) in [5.74, 6) is -0.126. The van der Waals surface area contributed by atoms with Gasteiger partial charge in [0, 0.05) is 12.5 Å². The lowest BCUT2D eigenvalue weighted by molar-refractivity contribution is -0.385. The molecule has 0 aliphatic carbocycles. The van der Waals surface area contributed by atoms with E-state index in [1.807, 2.05) is 0 Å². The van der Waals surface area contributed by atoms with E-state index in [2.05, 4.69) is 5.32 Å². The number of hydrogen-bond acceptors (Lipinski definition) is 7. The summed E-state index contributed by atoms with van der Waals surface area (Å²) in [6.07, 6.45) is 0.0253. The van der Waals surface area contributed by atoms with Gasteiger partial charge in [0.25, 0.3) is 5.69 Å². The lowest BCUT2D eigenvalue weighted by Crippen LogP contribution is -2.32. The molecular weight excluding hydrogens is 452 g/mol. The molecule has 1 aliphatic rings. The summed E-state index contributed by atoms with van der Waals surface area (Å²) in [6, 6.07) is 8.31. The molecule has 0 fully saturated rings. The number of nitrogens with zero attached hydrogens (tertiary/aromatic N) is 1. The van der Waals surface area contributed by atoms with Crippen LogP contribution in [0.3, 0.4) is 0 Å². The Labute approximate surface area is 196 Å². The first kappa shape index (κ1) is 24.3. The van der Waals surface area contributed by atoms with Crippen molar-refractivity contribution in [2.45, 2.75) is 45.3 Å². The number of esters is 1. The summed E-state index contributed by atoms with van der Waals surface area (Å²) in [6.45, 7) is 4.35. The first-order valence-electron chi connectivity index (χ1n) is 10.5. The van der Waals surface area contributed by atoms with Gasteiger partial charge in [-0.2, -0.15) is 0 Å². The van der Waals surface area contributed by atoms with Crippen LogP contribution in [0.2, 0.25) is 5.02 Å². The molecule has 33 heavy (non-hydrogen) atoms. The minimum atomic E-state index is -0.943. The highest BCUT2D eigenvalue weighted by Crippen LogP contribution is 2.38. The fraction of sp³-hybridized carbons (Fsp3) is 0.391. The molecule has 9 nitrogen and oxygen atoms in total. The van der Waals surface area contributed by atoms with Gasteiger partial charge in [-0.25, -0.2) is 0 Å². The summed E-state index contributed by atoms with van der Waals surface area (Å²) in [5.41, 5.74) is 0.597. The van der Waals surface area contributed by atoms with Crippen molar-refractivity contribution >= 4 is 29.2 Å². The highest BCUT2D eigenvalue weighted by atomic mass is 35.5. The van der Waals surface area contributed by atoms with Gasteiger partial charge in [0.2, 0.25) is 5.91 Å². The average Bonchev–Trinajstić information content (AvgIpc) is 2.98. The molecule has 0 bridgehead atoms. The van der Waals surface area contributed by atoms with Crippen LogP contribution < -0.4 is 14.8 Å². The molecule has 1 N–H and O–H groups in total. The van der Waals surface area contributed by atoms with Crippen LogP contribution in [0.25, 0.3) is 0 Å². The van der Waals surface area contributed by atoms with Crippen molar-refractivity contribution in [3.05, 3.63) is 62.7 Å². The highest BCUT2D eigenvalue weighted by Gasteiger charge is 2.27. The Morgan fingerprint density at radius 2 is 1.94 bits per heavy atom. The number of nitro benzene ring substituents is 1. The van der Waals surface area contributed by atoms with Crippen molar-refractivity contribution < 1.29 is 28.7 Å². The standard InChI is InChI=1S/C23H25ClN2O7/c1-14(2)33-22(28)13-18(16-6-3-4-7-19(16)26(29)30)25-21(27)12-15-10-17(24)23-20(11-15)31-8-5-9-32-23/h3-4,6-7,10-11,14,18H,5,8-9,12-13H2,1-2H3,(H,25,27). The normalized spacial score (nSPS) is 13.7. The Kier molecular flexibility index (Phi) is 8.11. The van der Waals surface area contributed by atoms with E-state index in [0.717, 1.165) is 0 Å². The quantitative estimate of drug-likeness (QED) is 0.345. The van der Waals surface area contributed by atoms with Crippen LogP contribution in [0, 0.1) is 10.1 Å². The second kappa shape index (κ2) is 11.0. The fourth-order valence-electron chi connectivity index (χ4n) is 3.48. The average molecular weight is 477 g/mol. The highest BCUT2D eigenvalue weighted by molar-refractivity contribution is 6.32. The van der Waals surface area contributed by atoms with Crippen LogP contribution in [-0.2, 0) is 20.7 Å². The fourth-order valence-corrected chi connectivity index (χ4v) is 3.77. The number of hydrogen-bond donors (Lipinski definition) is 1. The van der Waals surface area contributed by atoms with E-state index in [1.165, 1.54) is 18.2 Å². The zero-order chi connectivity index (χ0) is 24.0. The summed E-state index contributed by atoms with van der Waals surface area (Å²) in [5, 5.41) is 14.6. The SMILES string of the molecule is CC(C)OC(=O)CC(NC(=O)Cc1cc(Cl)c2c(c1)OCCCO2)c1ccccc1[N+](=O)[O-]. The lowest BCUT2D eigenvalue weighted by Gasteiger charge is -2.20. The summed E-state index contributed by atoms with van der Waals surface area (Å²) in [4.78, 5) is 36.1. The topological polar surface area (TPSA) is 117 Å². The molecule has 2 aromatic rings. The Balaban J connectivity index is 1.82. The van der Waals surface area contributed by atoms with E-state index in [9.17, 15) is 19.7 Å². The molecule has 0 radical (unpaired) electrons. The molecular formula is C23H25ClN2O7. The Bertz CT molecular complexity index is 1040. The molecule has 0 spiro atoms. The maximum Gasteiger partial charge on any atom is 0.308 e. The molecule has 1 amide bonds. The van der Waals surface area contributed by atoms with Gasteiger partial charge < -0.3 is 19.5 Å². The summed E-state index contributed by atoms with van der Waals surface area (Å²) in [7, 11) is 0. The van der Waals surface area contributed by atoms with Crippen molar-refractivity contribution in [1.82, 2.24) is 5.32 Å². The van der Waals surface area contributed by atoms with Gasteiger partial charge in [0.1, 0.15) is 0 Å². The second-order valence-corrected chi connectivity index (χ2v) is 8.22. The van der Waals surface area contributed by atoms with E-state index in [0.29, 0.717) is 41.7 Å². The van der Waals surface area contributed by atoms with Crippen molar-refractivity contribution in [2.24, 2.45) is 0 Å². The lowest BCUT2D eigenvalue weighted by atomic mass is 10.0. The Morgan fingerprint density at radius 1 is 1.21 bits per heavy atom. The zero-order valence-electron chi connectivity index (χ0n) is 18.3. The van der Waals surface area contributed by atoms with Crippen LogP contribution in [-0.4, -0.2) is 36.1 Å². The zero-order valence-corrected chi connectivity index (χ0v) is 19.1. The van der Waals surface area contributed by atoms with Gasteiger partial charge in [0.05, 0.1) is 53.7 Å². The van der Waals surface area contributed by atoms with Gasteiger partial charge in [-0.15, -0.1) is 0 Å². The van der Waals surface area contributed by atoms with E-state index in [1.54, 1.807) is 32.0 Å². The minimum Gasteiger partial charge on any atom is -0.489 e. The van der Waals surface area contributed by atoms with Gasteiger partial charge in [0.15, 0.2) is 11.5 Å². The number of carbonyl (C=O) groups is 2. The number of para-hydroxylation sites is 1. The summed E-state index contributed by atoms with van der Waals surface area (Å²) < 4.78 is 16.4. The molecule has 176 valence electrons. The van der Waals surface area contributed by atoms with Crippen LogP contribution in [0.15, 0.2) is 36.4 Å². The van der Waals surface area contributed by atoms with Crippen LogP contribution >= 0.6 is 11.6 Å². The third-order valence-corrected chi connectivity index (χ3v) is 5.09. The van der Waals surface area contributed by atoms with E-state index in [-0.39, 0.29) is 30.2 Å². The van der Waals surface area contributed by atoms with Gasteiger partial charge >= 0.3 is 5.97 Å². The van der Waals surface area contributed by atoms with Crippen molar-refractivity contribution in [3.63, 3.8) is 0 Å². The maximum absolute atomic E-state index is 12.9. The first-order valence-corrected chi connectivity index (χ1v) is 10.9. The monoisotopic (exact) mass is 476 g/mol. The van der Waals surface area contributed by atoms with Crippen molar-refractivity contribution in [3.8, 4) is 11.5 Å². The Morgan fingerprint density at radius 3 is 2.67 bits per heavy atom. The minimum absolute atomic E-state index is 0.0767. The molecule has 10 heteroatoms. The number of nitro groups is 1. The van der Waals surface area contributed by atoms with E-state index >= 15 is 0 Å². The maximum atomic E-state index is 12.9. The molecule has 1 unspecified atom stereocenters. The van der Waals surface area contributed by atoms with Crippen LogP contribution in [0.4, 0.5) is 5.69 Å². The van der Waals surface area contributed by atoms with Crippen LogP contribution in [0.5, 0.6) is 11.5 Å². The predicted molar refractivity (Wildman–Crippen MR) is 121 cm³/mol. The Hall–Kier alpha value is -3.33. The molecule has 0 aromatic heterocycles. The first-order chi connectivity index (χ1) is 15.7. The smallest absolute Gasteiger partial charge is 0.308 e. The number of fused-ring (bicyclic) bond motifs is 1. The molecule has 0 saturated heterocycles. The predicted octanol–water partition coefficient (Wildman–Crippen LogP) is 4.15. The second-order valence-electron chi connectivity index (χ2n) is 7.81. The molecule has 3 rings (SSSR count). The number of nitrogens with one attached hydrogen (secondary N) is 1. The number of rotatable bonds is 8. The molecule has 1 aliphatic heterocycles. The number of benzene rings is 2. The largest absolute Gasteiger partial charge is 0.489 e. The van der Waals surface area contributed by atoms with E-state index < -0.39 is 22.8 Å². The van der Waals surface area contributed by atoms with Gasteiger partial charge in [-0.05, 0) is 31.5 Å². The number of ether oxygens (including phenoxy) is 3. The van der Waals surface area contributed by atoms with Crippen LogP contribution in [0.1, 0.15) is 43.9 Å². The third-order valence-electron chi connectivity index (χ3n) is 4.81. The number of amides is 1. The molecule has 1 heterocycles. The van der Waals surface area contributed by atoms with Crippen molar-refractivity contribution in [1.29, 1.82) is 0 Å². The third kappa shape index (κ3) is 6.58. The van der Waals surface area contributed by atoms with E-state index in [4.69, 9.17) is 25.8 Å². The number of halogens is 1. The molecule has 0 saturated carbocycles. The summed E-state index contributed by atoms with van der Waals surface area (Å²) >= 11 is 6.30. The van der Waals surface area contributed by atoms with Gasteiger partial charge in [-0.3, -0.25) is 19.7 Å². The molecule has 1 atom stereocenters. The van der Waals surface area contributed by atoms with Gasteiger partial charge in [-0.1, -0.05) is 29.8 Å². The molecule has 2 aromatic carbocycles.